The average molecular weight is 470 g/mol. The summed E-state index contributed by atoms with van der Waals surface area (Å²) in [5.74, 6) is 0.843. The van der Waals surface area contributed by atoms with Crippen LogP contribution < -0.4 is 4.74 Å². The predicted octanol–water partition coefficient (Wildman–Crippen LogP) is 6.77. The van der Waals surface area contributed by atoms with Crippen molar-refractivity contribution in [2.75, 3.05) is 12.4 Å². The van der Waals surface area contributed by atoms with E-state index >= 15 is 0 Å². The number of benzene rings is 3. The molecule has 34 heavy (non-hydrogen) atoms. The van der Waals surface area contributed by atoms with Crippen molar-refractivity contribution in [3.63, 3.8) is 0 Å². The molecule has 0 bridgehead atoms. The third-order valence-electron chi connectivity index (χ3n) is 5.59. The first-order chi connectivity index (χ1) is 16.3. The summed E-state index contributed by atoms with van der Waals surface area (Å²) in [4.78, 5) is 30.6. The van der Waals surface area contributed by atoms with Crippen LogP contribution in [0.2, 0.25) is 0 Å². The standard InChI is InChI=1S/C29H27NO3S/c1-29(2,3)22-12-8-20(9-13-22)26(31)18-33-23-14-10-21(11-15-23)27(32)19-34-28-16-17-30-25-7-5-4-6-24(25)28/h4-17H,18-19H2,1-3H3. The van der Waals surface area contributed by atoms with E-state index in [9.17, 15) is 9.59 Å². The van der Waals surface area contributed by atoms with Gasteiger partial charge in [-0.3, -0.25) is 14.6 Å². The van der Waals surface area contributed by atoms with E-state index in [4.69, 9.17) is 4.74 Å². The minimum absolute atomic E-state index is 0.0347. The Bertz CT molecular complexity index is 1300. The highest BCUT2D eigenvalue weighted by Crippen LogP contribution is 2.27. The number of para-hydroxylation sites is 1. The molecule has 3 aromatic carbocycles. The molecule has 0 aliphatic carbocycles. The Balaban J connectivity index is 1.32. The Morgan fingerprint density at radius 3 is 2.18 bits per heavy atom. The molecule has 0 radical (unpaired) electrons. The summed E-state index contributed by atoms with van der Waals surface area (Å²) in [5.41, 5.74) is 3.38. The van der Waals surface area contributed by atoms with Crippen molar-refractivity contribution < 1.29 is 14.3 Å². The number of Topliss-reactive ketones (excluding diaryl/α,β-unsaturated/α-hetero) is 2. The number of ether oxygens (including phenoxy) is 1. The first-order valence-electron chi connectivity index (χ1n) is 11.2. The van der Waals surface area contributed by atoms with E-state index in [2.05, 4.69) is 25.8 Å². The Morgan fingerprint density at radius 1 is 0.824 bits per heavy atom. The number of thioether (sulfide) groups is 1. The van der Waals surface area contributed by atoms with E-state index in [0.29, 0.717) is 22.6 Å². The van der Waals surface area contributed by atoms with E-state index in [1.165, 1.54) is 17.3 Å². The molecule has 0 amide bonds. The number of rotatable bonds is 8. The maximum atomic E-state index is 12.7. The van der Waals surface area contributed by atoms with Crippen molar-refractivity contribution >= 4 is 34.2 Å². The molecular formula is C29H27NO3S. The zero-order valence-corrected chi connectivity index (χ0v) is 20.4. The molecule has 4 aromatic rings. The lowest BCUT2D eigenvalue weighted by atomic mass is 9.86. The van der Waals surface area contributed by atoms with Gasteiger partial charge < -0.3 is 4.74 Å². The van der Waals surface area contributed by atoms with Gasteiger partial charge in [-0.05, 0) is 47.4 Å². The molecular weight excluding hydrogens is 442 g/mol. The van der Waals surface area contributed by atoms with Crippen molar-refractivity contribution in [3.8, 4) is 5.75 Å². The van der Waals surface area contributed by atoms with Crippen LogP contribution in [-0.4, -0.2) is 28.9 Å². The lowest BCUT2D eigenvalue weighted by Crippen LogP contribution is -2.14. The number of fused-ring (bicyclic) bond motifs is 1. The molecule has 0 N–H and O–H groups in total. The number of carbonyl (C=O) groups is 2. The maximum absolute atomic E-state index is 12.7. The smallest absolute Gasteiger partial charge is 0.200 e. The van der Waals surface area contributed by atoms with Gasteiger partial charge in [0, 0.05) is 27.6 Å². The number of hydrogen-bond donors (Lipinski definition) is 0. The van der Waals surface area contributed by atoms with E-state index in [1.807, 2.05) is 54.6 Å². The second kappa shape index (κ2) is 10.2. The monoisotopic (exact) mass is 469 g/mol. The van der Waals surface area contributed by atoms with E-state index < -0.39 is 0 Å². The number of ketones is 2. The average Bonchev–Trinajstić information content (AvgIpc) is 2.85. The Kier molecular flexibility index (Phi) is 7.13. The number of nitrogens with zero attached hydrogens (tertiary/aromatic N) is 1. The van der Waals surface area contributed by atoms with Crippen LogP contribution in [0.4, 0.5) is 0 Å². The van der Waals surface area contributed by atoms with Crippen LogP contribution in [-0.2, 0) is 5.41 Å². The van der Waals surface area contributed by atoms with Crippen LogP contribution in [0, 0.1) is 0 Å². The molecule has 0 saturated carbocycles. The lowest BCUT2D eigenvalue weighted by Gasteiger charge is -2.19. The van der Waals surface area contributed by atoms with Crippen LogP contribution in [0.25, 0.3) is 10.9 Å². The largest absolute Gasteiger partial charge is 0.485 e. The quantitative estimate of drug-likeness (QED) is 0.211. The number of hydrogen-bond acceptors (Lipinski definition) is 5. The van der Waals surface area contributed by atoms with Gasteiger partial charge in [0.2, 0.25) is 0 Å². The van der Waals surface area contributed by atoms with Crippen molar-refractivity contribution in [2.24, 2.45) is 0 Å². The third kappa shape index (κ3) is 5.72. The summed E-state index contributed by atoms with van der Waals surface area (Å²) in [6, 6.07) is 24.5. The van der Waals surface area contributed by atoms with Crippen molar-refractivity contribution in [3.05, 3.63) is 102 Å². The fourth-order valence-corrected chi connectivity index (χ4v) is 4.49. The van der Waals surface area contributed by atoms with Crippen molar-refractivity contribution in [2.45, 2.75) is 31.1 Å². The molecule has 0 atom stereocenters. The van der Waals surface area contributed by atoms with Crippen LogP contribution in [0.1, 0.15) is 47.1 Å². The third-order valence-corrected chi connectivity index (χ3v) is 6.66. The SMILES string of the molecule is CC(C)(C)c1ccc(C(=O)COc2ccc(C(=O)CSc3ccnc4ccccc34)cc2)cc1. The number of aromatic nitrogens is 1. The van der Waals surface area contributed by atoms with Gasteiger partial charge in [0.15, 0.2) is 18.2 Å². The predicted molar refractivity (Wildman–Crippen MR) is 138 cm³/mol. The van der Waals surface area contributed by atoms with Gasteiger partial charge in [-0.25, -0.2) is 0 Å². The minimum Gasteiger partial charge on any atom is -0.485 e. The van der Waals surface area contributed by atoms with Crippen LogP contribution in [0.5, 0.6) is 5.75 Å². The van der Waals surface area contributed by atoms with E-state index in [0.717, 1.165) is 15.8 Å². The summed E-state index contributed by atoms with van der Waals surface area (Å²) in [5, 5.41) is 1.05. The molecule has 4 nitrogen and oxygen atoms in total. The minimum atomic E-state index is -0.0819. The Labute approximate surface area is 204 Å². The summed E-state index contributed by atoms with van der Waals surface area (Å²) < 4.78 is 5.66. The van der Waals surface area contributed by atoms with E-state index in [1.54, 1.807) is 30.5 Å². The molecule has 0 saturated heterocycles. The van der Waals surface area contributed by atoms with Crippen LogP contribution in [0.3, 0.4) is 0 Å². The van der Waals surface area contributed by atoms with Gasteiger partial charge in [-0.2, -0.15) is 0 Å². The Morgan fingerprint density at radius 2 is 1.47 bits per heavy atom. The molecule has 1 aromatic heterocycles. The van der Waals surface area contributed by atoms with E-state index in [-0.39, 0.29) is 23.6 Å². The fraction of sp³-hybridized carbons (Fsp3) is 0.207. The van der Waals surface area contributed by atoms with Crippen LogP contribution >= 0.6 is 11.8 Å². The van der Waals surface area contributed by atoms with Gasteiger partial charge in [0.1, 0.15) is 5.75 Å². The normalized spacial score (nSPS) is 11.4. The fourth-order valence-electron chi connectivity index (χ4n) is 3.55. The zero-order valence-electron chi connectivity index (χ0n) is 19.6. The Hall–Kier alpha value is -3.44. The van der Waals surface area contributed by atoms with Gasteiger partial charge in [0.05, 0.1) is 11.3 Å². The summed E-state index contributed by atoms with van der Waals surface area (Å²) >= 11 is 1.51. The highest BCUT2D eigenvalue weighted by Gasteiger charge is 2.15. The second-order valence-corrected chi connectivity index (χ2v) is 10.1. The lowest BCUT2D eigenvalue weighted by molar-refractivity contribution is 0.0920. The topological polar surface area (TPSA) is 56.3 Å². The number of carbonyl (C=O) groups excluding carboxylic acids is 2. The molecule has 5 heteroatoms. The molecule has 0 unspecified atom stereocenters. The van der Waals surface area contributed by atoms with Crippen LogP contribution in [0.15, 0.2) is 90.0 Å². The van der Waals surface area contributed by atoms with Gasteiger partial charge in [0.25, 0.3) is 0 Å². The molecule has 4 rings (SSSR count). The molecule has 0 fully saturated rings. The first-order valence-corrected chi connectivity index (χ1v) is 12.2. The first kappa shape index (κ1) is 23.7. The zero-order chi connectivity index (χ0) is 24.1. The molecule has 1 heterocycles. The van der Waals surface area contributed by atoms with Gasteiger partial charge in [-0.15, -0.1) is 11.8 Å². The summed E-state index contributed by atoms with van der Waals surface area (Å²) in [6.45, 7) is 6.37. The highest BCUT2D eigenvalue weighted by molar-refractivity contribution is 8.00. The number of pyridine rings is 1. The van der Waals surface area contributed by atoms with Gasteiger partial charge >= 0.3 is 0 Å². The summed E-state index contributed by atoms with van der Waals surface area (Å²) in [7, 11) is 0. The van der Waals surface area contributed by atoms with Crippen molar-refractivity contribution in [1.29, 1.82) is 0 Å². The second-order valence-electron chi connectivity index (χ2n) is 9.10. The molecule has 0 aliphatic heterocycles. The molecule has 0 spiro atoms. The summed E-state index contributed by atoms with van der Waals surface area (Å²) in [6.07, 6.45) is 1.77. The highest BCUT2D eigenvalue weighted by atomic mass is 32.2. The molecule has 172 valence electrons. The van der Waals surface area contributed by atoms with Crippen molar-refractivity contribution in [1.82, 2.24) is 4.98 Å². The van der Waals surface area contributed by atoms with Gasteiger partial charge in [-0.1, -0.05) is 63.2 Å². The maximum Gasteiger partial charge on any atom is 0.200 e. The molecule has 0 aliphatic rings.